The third kappa shape index (κ3) is 5.61. The summed E-state index contributed by atoms with van der Waals surface area (Å²) in [6, 6.07) is 5.48. The molecule has 1 saturated heterocycles. The minimum absolute atomic E-state index is 0.0415. The maximum Gasteiger partial charge on any atom is 0.331 e. The molecule has 1 aliphatic rings. The van der Waals surface area contributed by atoms with Gasteiger partial charge in [0, 0.05) is 24.7 Å². The molecule has 9 nitrogen and oxygen atoms in total. The van der Waals surface area contributed by atoms with E-state index >= 15 is 0 Å². The number of nitro groups is 1. The first kappa shape index (κ1) is 20.6. The van der Waals surface area contributed by atoms with Crippen LogP contribution in [-0.2, 0) is 24.2 Å². The van der Waals surface area contributed by atoms with E-state index in [0.717, 1.165) is 6.08 Å². The second kappa shape index (κ2) is 8.76. The molecule has 1 fully saturated rings. The summed E-state index contributed by atoms with van der Waals surface area (Å²) < 4.78 is 28.0. The summed E-state index contributed by atoms with van der Waals surface area (Å²) >= 11 is 0. The molecule has 0 N–H and O–H groups in total. The molecule has 2 rings (SSSR count). The van der Waals surface area contributed by atoms with Crippen LogP contribution in [0.4, 0.5) is 5.69 Å². The largest absolute Gasteiger partial charge is 0.452 e. The average Bonchev–Trinajstić information content (AvgIpc) is 2.98. The molecule has 1 aromatic rings. The molecule has 146 valence electrons. The summed E-state index contributed by atoms with van der Waals surface area (Å²) in [5, 5.41) is 10.9. The summed E-state index contributed by atoms with van der Waals surface area (Å²) in [7, 11) is -3.13. The molecule has 1 aromatic carbocycles. The topological polar surface area (TPSA) is 124 Å². The van der Waals surface area contributed by atoms with Crippen molar-refractivity contribution in [1.29, 1.82) is 0 Å². The van der Waals surface area contributed by atoms with Crippen LogP contribution >= 0.6 is 0 Å². The van der Waals surface area contributed by atoms with Crippen molar-refractivity contribution in [3.05, 3.63) is 46.0 Å². The van der Waals surface area contributed by atoms with Crippen LogP contribution in [0.3, 0.4) is 0 Å². The zero-order valence-corrected chi connectivity index (χ0v) is 15.6. The van der Waals surface area contributed by atoms with Crippen molar-refractivity contribution in [2.45, 2.75) is 19.4 Å². The van der Waals surface area contributed by atoms with Gasteiger partial charge in [0.25, 0.3) is 11.6 Å². The van der Waals surface area contributed by atoms with E-state index in [0.29, 0.717) is 13.0 Å². The number of para-hydroxylation sites is 1. The monoisotopic (exact) mass is 396 g/mol. The first-order valence-corrected chi connectivity index (χ1v) is 10.1. The molecule has 0 unspecified atom stereocenters. The number of hydrogen-bond acceptors (Lipinski definition) is 7. The van der Waals surface area contributed by atoms with E-state index in [1.54, 1.807) is 13.0 Å². The number of carbonyl (C=O) groups is 2. The van der Waals surface area contributed by atoms with Gasteiger partial charge in [0.05, 0.1) is 22.0 Å². The minimum Gasteiger partial charge on any atom is -0.452 e. The van der Waals surface area contributed by atoms with Crippen molar-refractivity contribution in [2.24, 2.45) is 0 Å². The predicted molar refractivity (Wildman–Crippen MR) is 97.5 cm³/mol. The highest BCUT2D eigenvalue weighted by atomic mass is 32.2. The van der Waals surface area contributed by atoms with Crippen LogP contribution in [0.2, 0.25) is 0 Å². The van der Waals surface area contributed by atoms with Crippen LogP contribution in [0.15, 0.2) is 30.3 Å². The fourth-order valence-corrected chi connectivity index (χ4v) is 4.61. The summed E-state index contributed by atoms with van der Waals surface area (Å²) in [4.78, 5) is 35.8. The molecular weight excluding hydrogens is 376 g/mol. The molecule has 0 radical (unpaired) electrons. The van der Waals surface area contributed by atoms with Crippen molar-refractivity contribution in [3.63, 3.8) is 0 Å². The Hall–Kier alpha value is -2.75. The van der Waals surface area contributed by atoms with E-state index in [2.05, 4.69) is 0 Å². The second-order valence-corrected chi connectivity index (χ2v) is 8.22. The summed E-state index contributed by atoms with van der Waals surface area (Å²) in [6.07, 6.45) is 2.62. The quantitative estimate of drug-likeness (QED) is 0.293. The lowest BCUT2D eigenvalue weighted by Gasteiger charge is -2.26. The first-order valence-electron chi connectivity index (χ1n) is 8.31. The van der Waals surface area contributed by atoms with Crippen LogP contribution < -0.4 is 0 Å². The number of sulfone groups is 1. The molecule has 10 heteroatoms. The maximum atomic E-state index is 12.2. The normalized spacial score (nSPS) is 18.3. The van der Waals surface area contributed by atoms with Crippen molar-refractivity contribution in [3.8, 4) is 0 Å². The van der Waals surface area contributed by atoms with Gasteiger partial charge in [-0.05, 0) is 25.5 Å². The molecule has 1 aliphatic heterocycles. The van der Waals surface area contributed by atoms with Gasteiger partial charge in [-0.25, -0.2) is 13.2 Å². The van der Waals surface area contributed by atoms with E-state index < -0.39 is 39.3 Å². The molecule has 1 heterocycles. The molecule has 27 heavy (non-hydrogen) atoms. The molecule has 0 bridgehead atoms. The number of rotatable bonds is 7. The van der Waals surface area contributed by atoms with E-state index in [-0.39, 0.29) is 22.8 Å². The Morgan fingerprint density at radius 3 is 2.67 bits per heavy atom. The van der Waals surface area contributed by atoms with E-state index in [1.165, 1.54) is 29.2 Å². The lowest BCUT2D eigenvalue weighted by Crippen LogP contribution is -2.43. The number of esters is 1. The highest BCUT2D eigenvalue weighted by molar-refractivity contribution is 7.91. The molecule has 1 amide bonds. The highest BCUT2D eigenvalue weighted by Crippen LogP contribution is 2.19. The summed E-state index contributed by atoms with van der Waals surface area (Å²) in [5.41, 5.74) is 0.0781. The van der Waals surface area contributed by atoms with Crippen LogP contribution in [0.1, 0.15) is 18.9 Å². The minimum atomic E-state index is -3.13. The van der Waals surface area contributed by atoms with Crippen molar-refractivity contribution >= 4 is 33.5 Å². The zero-order valence-electron chi connectivity index (χ0n) is 14.7. The van der Waals surface area contributed by atoms with Crippen molar-refractivity contribution in [1.82, 2.24) is 4.90 Å². The molecule has 0 aromatic heterocycles. The molecular formula is C17H20N2O7S. The SMILES string of the molecule is CCN(C(=O)COC(=O)/C=C/c1ccccc1[N+](=O)[O-])[C@@H]1CCS(=O)(=O)C1. The van der Waals surface area contributed by atoms with Gasteiger partial charge in [-0.1, -0.05) is 12.1 Å². The van der Waals surface area contributed by atoms with E-state index in [4.69, 9.17) is 4.74 Å². The Balaban J connectivity index is 1.93. The van der Waals surface area contributed by atoms with Gasteiger partial charge in [0.1, 0.15) is 0 Å². The molecule has 0 spiro atoms. The number of amides is 1. The van der Waals surface area contributed by atoms with Gasteiger partial charge in [0.15, 0.2) is 16.4 Å². The van der Waals surface area contributed by atoms with Gasteiger partial charge in [-0.2, -0.15) is 0 Å². The van der Waals surface area contributed by atoms with Crippen LogP contribution in [0, 0.1) is 10.1 Å². The van der Waals surface area contributed by atoms with Crippen LogP contribution in [-0.4, -0.2) is 60.8 Å². The van der Waals surface area contributed by atoms with E-state index in [1.807, 2.05) is 0 Å². The van der Waals surface area contributed by atoms with E-state index in [9.17, 15) is 28.1 Å². The third-order valence-corrected chi connectivity index (χ3v) is 5.93. The fraction of sp³-hybridized carbons (Fsp3) is 0.412. The van der Waals surface area contributed by atoms with Gasteiger partial charge in [0.2, 0.25) is 0 Å². The molecule has 1 atom stereocenters. The Labute approximate surface area is 156 Å². The number of likely N-dealkylation sites (N-methyl/N-ethyl adjacent to an activating group) is 1. The number of nitro benzene ring substituents is 1. The summed E-state index contributed by atoms with van der Waals surface area (Å²) in [5.74, 6) is -1.35. The zero-order chi connectivity index (χ0) is 20.0. The molecule has 0 saturated carbocycles. The van der Waals surface area contributed by atoms with Crippen LogP contribution in [0.5, 0.6) is 0 Å². The Morgan fingerprint density at radius 1 is 1.37 bits per heavy atom. The number of hydrogen-bond donors (Lipinski definition) is 0. The standard InChI is InChI=1S/C17H20N2O7S/c1-2-18(14-9-10-27(24,25)12-14)16(20)11-26-17(21)8-7-13-5-3-4-6-15(13)19(22)23/h3-8,14H,2,9-12H2,1H3/b8-7+/t14-/m1/s1. The average molecular weight is 396 g/mol. The summed E-state index contributed by atoms with van der Waals surface area (Å²) in [6.45, 7) is 1.51. The second-order valence-electron chi connectivity index (χ2n) is 5.99. The van der Waals surface area contributed by atoms with Gasteiger partial charge < -0.3 is 9.64 Å². The van der Waals surface area contributed by atoms with Crippen molar-refractivity contribution < 1.29 is 27.7 Å². The lowest BCUT2D eigenvalue weighted by molar-refractivity contribution is -0.385. The Kier molecular flexibility index (Phi) is 6.67. The number of benzene rings is 1. The third-order valence-electron chi connectivity index (χ3n) is 4.18. The fourth-order valence-electron chi connectivity index (χ4n) is 2.88. The first-order chi connectivity index (χ1) is 12.7. The van der Waals surface area contributed by atoms with Crippen molar-refractivity contribution in [2.75, 3.05) is 24.7 Å². The predicted octanol–water partition coefficient (Wildman–Crippen LogP) is 1.19. The van der Waals surface area contributed by atoms with Gasteiger partial charge in [-0.15, -0.1) is 0 Å². The smallest absolute Gasteiger partial charge is 0.331 e. The number of carbonyl (C=O) groups excluding carboxylic acids is 2. The Bertz CT molecular complexity index is 864. The number of ether oxygens (including phenoxy) is 1. The molecule has 0 aliphatic carbocycles. The van der Waals surface area contributed by atoms with Gasteiger partial charge in [-0.3, -0.25) is 14.9 Å². The highest BCUT2D eigenvalue weighted by Gasteiger charge is 2.34. The van der Waals surface area contributed by atoms with Crippen LogP contribution in [0.25, 0.3) is 6.08 Å². The number of nitrogens with zero attached hydrogens (tertiary/aromatic N) is 2. The van der Waals surface area contributed by atoms with Gasteiger partial charge >= 0.3 is 5.97 Å². The Morgan fingerprint density at radius 2 is 2.07 bits per heavy atom. The maximum absolute atomic E-state index is 12.2. The lowest BCUT2D eigenvalue weighted by atomic mass is 10.1.